The summed E-state index contributed by atoms with van der Waals surface area (Å²) in [5, 5.41) is 9.08. The molecular weight excluding hydrogens is 188 g/mol. The minimum absolute atomic E-state index is 0.242. The molecule has 3 nitrogen and oxygen atoms in total. The van der Waals surface area contributed by atoms with Crippen LogP contribution in [0.4, 0.5) is 0 Å². The van der Waals surface area contributed by atoms with E-state index in [9.17, 15) is 0 Å². The summed E-state index contributed by atoms with van der Waals surface area (Å²) in [4.78, 5) is 2.34. The maximum absolute atomic E-state index is 9.08. The molecule has 0 aliphatic heterocycles. The summed E-state index contributed by atoms with van der Waals surface area (Å²) < 4.78 is 5.04. The van der Waals surface area contributed by atoms with Crippen LogP contribution in [-0.2, 0) is 4.74 Å². The van der Waals surface area contributed by atoms with Crippen LogP contribution in [0.15, 0.2) is 0 Å². The van der Waals surface area contributed by atoms with Gasteiger partial charge in [-0.3, -0.25) is 0 Å². The van der Waals surface area contributed by atoms with Crippen LogP contribution in [0, 0.1) is 17.2 Å². The predicted octanol–water partition coefficient (Wildman–Crippen LogP) is 2.04. The van der Waals surface area contributed by atoms with Crippen molar-refractivity contribution in [1.29, 1.82) is 5.26 Å². The number of hydrogen-bond donors (Lipinski definition) is 0. The van der Waals surface area contributed by atoms with Gasteiger partial charge in [0, 0.05) is 26.3 Å². The minimum Gasteiger partial charge on any atom is -0.385 e. The molecule has 3 heteroatoms. The van der Waals surface area contributed by atoms with Crippen molar-refractivity contribution in [2.75, 3.05) is 27.3 Å². The number of rotatable bonds is 5. The molecule has 15 heavy (non-hydrogen) atoms. The fourth-order valence-electron chi connectivity index (χ4n) is 2.41. The zero-order chi connectivity index (χ0) is 11.1. The van der Waals surface area contributed by atoms with Crippen LogP contribution >= 0.6 is 0 Å². The second kappa shape index (κ2) is 6.81. The van der Waals surface area contributed by atoms with Crippen molar-refractivity contribution >= 4 is 0 Å². The van der Waals surface area contributed by atoms with E-state index in [1.54, 1.807) is 7.11 Å². The molecule has 86 valence electrons. The van der Waals surface area contributed by atoms with Crippen LogP contribution in [0.1, 0.15) is 32.1 Å². The average molecular weight is 210 g/mol. The zero-order valence-corrected chi connectivity index (χ0v) is 9.91. The zero-order valence-electron chi connectivity index (χ0n) is 9.91. The van der Waals surface area contributed by atoms with E-state index in [1.807, 2.05) is 0 Å². The van der Waals surface area contributed by atoms with Crippen LogP contribution < -0.4 is 0 Å². The molecule has 1 aliphatic carbocycles. The van der Waals surface area contributed by atoms with Crippen LogP contribution in [0.3, 0.4) is 0 Å². The maximum atomic E-state index is 9.08. The Balaban J connectivity index is 2.35. The summed E-state index contributed by atoms with van der Waals surface area (Å²) in [5.41, 5.74) is 0. The van der Waals surface area contributed by atoms with E-state index in [1.165, 1.54) is 19.3 Å². The molecule has 0 bridgehead atoms. The van der Waals surface area contributed by atoms with E-state index in [0.717, 1.165) is 26.0 Å². The van der Waals surface area contributed by atoms with Crippen LogP contribution in [0.5, 0.6) is 0 Å². The van der Waals surface area contributed by atoms with E-state index < -0.39 is 0 Å². The Hall–Kier alpha value is -0.590. The van der Waals surface area contributed by atoms with Gasteiger partial charge in [0.15, 0.2) is 0 Å². The Labute approximate surface area is 93.0 Å². The van der Waals surface area contributed by atoms with E-state index in [-0.39, 0.29) is 5.92 Å². The lowest BCUT2D eigenvalue weighted by Gasteiger charge is -2.34. The minimum atomic E-state index is 0.242. The first-order valence-corrected chi connectivity index (χ1v) is 5.88. The third kappa shape index (κ3) is 3.81. The number of nitrogens with zero attached hydrogens (tertiary/aromatic N) is 2. The van der Waals surface area contributed by atoms with Gasteiger partial charge in [0.25, 0.3) is 0 Å². The normalized spacial score (nSPS) is 26.5. The summed E-state index contributed by atoms with van der Waals surface area (Å²) in [6, 6.07) is 2.93. The molecule has 2 unspecified atom stereocenters. The van der Waals surface area contributed by atoms with E-state index in [4.69, 9.17) is 10.00 Å². The summed E-state index contributed by atoms with van der Waals surface area (Å²) >= 11 is 0. The summed E-state index contributed by atoms with van der Waals surface area (Å²) in [6.07, 6.45) is 5.82. The number of ether oxygens (including phenoxy) is 1. The first kappa shape index (κ1) is 12.5. The van der Waals surface area contributed by atoms with Gasteiger partial charge in [0.2, 0.25) is 0 Å². The van der Waals surface area contributed by atoms with Gasteiger partial charge in [-0.15, -0.1) is 0 Å². The SMILES string of the molecule is COCCCN(C)C1CCCCC1C#N. The van der Waals surface area contributed by atoms with Gasteiger partial charge >= 0.3 is 0 Å². The lowest BCUT2D eigenvalue weighted by molar-refractivity contribution is 0.131. The molecule has 0 amide bonds. The second-order valence-corrected chi connectivity index (χ2v) is 4.41. The molecule has 0 saturated heterocycles. The van der Waals surface area contributed by atoms with Crippen LogP contribution in [0.25, 0.3) is 0 Å². The molecule has 2 atom stereocenters. The molecule has 1 rings (SSSR count). The monoisotopic (exact) mass is 210 g/mol. The first-order valence-electron chi connectivity index (χ1n) is 5.88. The van der Waals surface area contributed by atoms with Crippen molar-refractivity contribution in [3.8, 4) is 6.07 Å². The second-order valence-electron chi connectivity index (χ2n) is 4.41. The van der Waals surface area contributed by atoms with Crippen molar-refractivity contribution in [2.24, 2.45) is 5.92 Å². The van der Waals surface area contributed by atoms with Gasteiger partial charge in [-0.05, 0) is 26.3 Å². The van der Waals surface area contributed by atoms with Gasteiger partial charge < -0.3 is 9.64 Å². The molecule has 0 spiro atoms. The highest BCUT2D eigenvalue weighted by atomic mass is 16.5. The molecule has 1 fully saturated rings. The molecule has 0 aromatic carbocycles. The highest BCUT2D eigenvalue weighted by Gasteiger charge is 2.27. The van der Waals surface area contributed by atoms with Crippen LogP contribution in [-0.4, -0.2) is 38.3 Å². The number of methoxy groups -OCH3 is 1. The molecular formula is C12H22N2O. The smallest absolute Gasteiger partial charge is 0.0672 e. The van der Waals surface area contributed by atoms with Gasteiger partial charge in [-0.2, -0.15) is 5.26 Å². The van der Waals surface area contributed by atoms with Gasteiger partial charge in [-0.25, -0.2) is 0 Å². The summed E-state index contributed by atoms with van der Waals surface area (Å²) in [5.74, 6) is 0.242. The topological polar surface area (TPSA) is 36.3 Å². The van der Waals surface area contributed by atoms with Crippen molar-refractivity contribution in [1.82, 2.24) is 4.90 Å². The standard InChI is InChI=1S/C12H22N2O/c1-14(8-5-9-15-2)12-7-4-3-6-11(12)10-13/h11-12H,3-9H2,1-2H3. The quantitative estimate of drug-likeness (QED) is 0.651. The van der Waals surface area contributed by atoms with Crippen LogP contribution in [0.2, 0.25) is 0 Å². The Morgan fingerprint density at radius 3 is 2.80 bits per heavy atom. The highest BCUT2D eigenvalue weighted by Crippen LogP contribution is 2.27. The number of hydrogen-bond acceptors (Lipinski definition) is 3. The van der Waals surface area contributed by atoms with Gasteiger partial charge in [-0.1, -0.05) is 12.8 Å². The Kier molecular flexibility index (Phi) is 5.67. The molecule has 0 aromatic heterocycles. The number of nitriles is 1. The fraction of sp³-hybridized carbons (Fsp3) is 0.917. The first-order chi connectivity index (χ1) is 7.29. The lowest BCUT2D eigenvalue weighted by Crippen LogP contribution is -2.40. The van der Waals surface area contributed by atoms with Gasteiger partial charge in [0.1, 0.15) is 0 Å². The van der Waals surface area contributed by atoms with Crippen molar-refractivity contribution < 1.29 is 4.74 Å². The van der Waals surface area contributed by atoms with Crippen molar-refractivity contribution in [3.63, 3.8) is 0 Å². The van der Waals surface area contributed by atoms with E-state index >= 15 is 0 Å². The molecule has 1 aliphatic rings. The average Bonchev–Trinajstić information content (AvgIpc) is 2.29. The third-order valence-electron chi connectivity index (χ3n) is 3.32. The highest BCUT2D eigenvalue weighted by molar-refractivity contribution is 4.94. The van der Waals surface area contributed by atoms with E-state index in [2.05, 4.69) is 18.0 Å². The molecule has 0 radical (unpaired) electrons. The van der Waals surface area contributed by atoms with Crippen molar-refractivity contribution in [3.05, 3.63) is 0 Å². The Morgan fingerprint density at radius 2 is 2.13 bits per heavy atom. The lowest BCUT2D eigenvalue weighted by atomic mass is 9.84. The molecule has 0 N–H and O–H groups in total. The molecule has 1 saturated carbocycles. The Bertz CT molecular complexity index is 212. The largest absolute Gasteiger partial charge is 0.385 e. The summed E-state index contributed by atoms with van der Waals surface area (Å²) in [6.45, 7) is 1.85. The molecule has 0 aromatic rings. The maximum Gasteiger partial charge on any atom is 0.0672 e. The third-order valence-corrected chi connectivity index (χ3v) is 3.32. The summed E-state index contributed by atoms with van der Waals surface area (Å²) in [7, 11) is 3.87. The fourth-order valence-corrected chi connectivity index (χ4v) is 2.41. The van der Waals surface area contributed by atoms with Gasteiger partial charge in [0.05, 0.1) is 12.0 Å². The van der Waals surface area contributed by atoms with E-state index in [0.29, 0.717) is 6.04 Å². The Morgan fingerprint density at radius 1 is 1.40 bits per heavy atom. The predicted molar refractivity (Wildman–Crippen MR) is 60.5 cm³/mol. The van der Waals surface area contributed by atoms with Crippen molar-refractivity contribution in [2.45, 2.75) is 38.1 Å². The molecule has 0 heterocycles.